The van der Waals surface area contributed by atoms with Gasteiger partial charge in [-0.05, 0) is 67.6 Å². The zero-order chi connectivity index (χ0) is 25.5. The highest BCUT2D eigenvalue weighted by molar-refractivity contribution is 7.85. The van der Waals surface area contributed by atoms with Crippen LogP contribution in [0, 0.1) is 29.6 Å². The molecule has 3 aliphatic rings. The molecular weight excluding hydrogens is 489 g/mol. The molecule has 1 aromatic rings. The molecule has 6 atom stereocenters. The lowest BCUT2D eigenvalue weighted by atomic mass is 9.80. The van der Waals surface area contributed by atoms with Gasteiger partial charge in [0.15, 0.2) is 0 Å². The van der Waals surface area contributed by atoms with E-state index in [9.17, 15) is 26.4 Å². The zero-order valence-corrected chi connectivity index (χ0v) is 20.5. The van der Waals surface area contributed by atoms with Crippen molar-refractivity contribution in [3.05, 3.63) is 29.3 Å². The Morgan fingerprint density at radius 3 is 2.51 bits per heavy atom. The van der Waals surface area contributed by atoms with Crippen LogP contribution >= 0.6 is 0 Å². The number of carbonyl (C=O) groups excluding carboxylic acids is 1. The van der Waals surface area contributed by atoms with Gasteiger partial charge in [-0.3, -0.25) is 4.55 Å². The minimum Gasteiger partial charge on any atom is -0.464 e. The first-order chi connectivity index (χ1) is 16.3. The fraction of sp³-hybridized carbons (Fsp3) is 0.708. The summed E-state index contributed by atoms with van der Waals surface area (Å²) in [5.74, 6) is -0.272. The quantitative estimate of drug-likeness (QED) is 0.279. The second kappa shape index (κ2) is 9.89. The number of hydrogen-bond donors (Lipinski definition) is 1. The SMILES string of the molecule is CC(C)C(Oc1cc(C(=O)OCCS(=O)(=O)O)ccc1C(F)(F)F)OC1CC2CC1C1CCCC21. The van der Waals surface area contributed by atoms with E-state index in [4.69, 9.17) is 18.8 Å². The smallest absolute Gasteiger partial charge is 0.419 e. The molecule has 4 rings (SSSR count). The van der Waals surface area contributed by atoms with Crippen molar-refractivity contribution in [1.82, 2.24) is 0 Å². The van der Waals surface area contributed by atoms with Gasteiger partial charge >= 0.3 is 12.1 Å². The van der Waals surface area contributed by atoms with Crippen LogP contribution in [0.3, 0.4) is 0 Å². The summed E-state index contributed by atoms with van der Waals surface area (Å²) in [6.45, 7) is 2.97. The molecule has 0 aromatic heterocycles. The zero-order valence-electron chi connectivity index (χ0n) is 19.7. The fourth-order valence-corrected chi connectivity index (χ4v) is 6.38. The van der Waals surface area contributed by atoms with Gasteiger partial charge in [-0.1, -0.05) is 20.3 Å². The van der Waals surface area contributed by atoms with E-state index in [-0.39, 0.29) is 17.6 Å². The van der Waals surface area contributed by atoms with Crippen LogP contribution < -0.4 is 4.74 Å². The van der Waals surface area contributed by atoms with Crippen molar-refractivity contribution >= 4 is 16.1 Å². The first-order valence-electron chi connectivity index (χ1n) is 12.0. The van der Waals surface area contributed by atoms with Crippen LogP contribution in [0.1, 0.15) is 61.9 Å². The monoisotopic (exact) mass is 520 g/mol. The highest BCUT2D eigenvalue weighted by atomic mass is 32.2. The summed E-state index contributed by atoms with van der Waals surface area (Å²) in [4.78, 5) is 12.3. The van der Waals surface area contributed by atoms with Crippen LogP contribution in [0.25, 0.3) is 0 Å². The number of benzene rings is 1. The molecule has 0 radical (unpaired) electrons. The van der Waals surface area contributed by atoms with Gasteiger partial charge in [0.2, 0.25) is 6.29 Å². The lowest BCUT2D eigenvalue weighted by molar-refractivity contribution is -0.169. The topological polar surface area (TPSA) is 99.1 Å². The van der Waals surface area contributed by atoms with E-state index in [0.29, 0.717) is 17.8 Å². The molecule has 0 spiro atoms. The Balaban J connectivity index is 1.50. The van der Waals surface area contributed by atoms with Crippen LogP contribution in [0.15, 0.2) is 18.2 Å². The van der Waals surface area contributed by atoms with E-state index >= 15 is 0 Å². The van der Waals surface area contributed by atoms with Gasteiger partial charge < -0.3 is 14.2 Å². The third kappa shape index (κ3) is 5.94. The number of fused-ring (bicyclic) bond motifs is 5. The number of hydrogen-bond acceptors (Lipinski definition) is 6. The highest BCUT2D eigenvalue weighted by Gasteiger charge is 2.55. The minimum atomic E-state index is -4.73. The maximum absolute atomic E-state index is 13.7. The Hall–Kier alpha value is -1.85. The Morgan fingerprint density at radius 1 is 1.14 bits per heavy atom. The highest BCUT2D eigenvalue weighted by Crippen LogP contribution is 2.59. The molecule has 0 heterocycles. The van der Waals surface area contributed by atoms with Gasteiger partial charge in [0.1, 0.15) is 18.1 Å². The lowest BCUT2D eigenvalue weighted by Gasteiger charge is -2.35. The van der Waals surface area contributed by atoms with Gasteiger partial charge in [-0.2, -0.15) is 21.6 Å². The summed E-state index contributed by atoms with van der Waals surface area (Å²) < 4.78 is 88.3. The molecule has 2 bridgehead atoms. The van der Waals surface area contributed by atoms with Gasteiger partial charge in [0.25, 0.3) is 10.1 Å². The van der Waals surface area contributed by atoms with Crippen molar-refractivity contribution < 1.29 is 45.1 Å². The molecule has 0 aliphatic heterocycles. The largest absolute Gasteiger partial charge is 0.464 e. The molecular formula is C24H31F3O7S. The Morgan fingerprint density at radius 2 is 1.86 bits per heavy atom. The summed E-state index contributed by atoms with van der Waals surface area (Å²) in [7, 11) is -4.35. The van der Waals surface area contributed by atoms with Crippen LogP contribution in [-0.4, -0.2) is 43.7 Å². The van der Waals surface area contributed by atoms with Gasteiger partial charge in [-0.15, -0.1) is 0 Å². The predicted molar refractivity (Wildman–Crippen MR) is 119 cm³/mol. The summed E-state index contributed by atoms with van der Waals surface area (Å²) in [5.41, 5.74) is -1.29. The number of ether oxygens (including phenoxy) is 3. The van der Waals surface area contributed by atoms with Crippen LogP contribution in [-0.2, 0) is 25.8 Å². The normalized spacial score (nSPS) is 28.8. The molecule has 3 aliphatic carbocycles. The number of rotatable bonds is 9. The first kappa shape index (κ1) is 26.2. The molecule has 1 aromatic carbocycles. The van der Waals surface area contributed by atoms with E-state index in [1.54, 1.807) is 13.8 Å². The molecule has 3 saturated carbocycles. The Kier molecular flexibility index (Phi) is 7.41. The minimum absolute atomic E-state index is 0.0605. The molecule has 35 heavy (non-hydrogen) atoms. The van der Waals surface area contributed by atoms with E-state index in [1.165, 1.54) is 19.3 Å². The Bertz CT molecular complexity index is 1040. The molecule has 11 heteroatoms. The lowest BCUT2D eigenvalue weighted by Crippen LogP contribution is -2.38. The second-order valence-electron chi connectivity index (χ2n) is 10.2. The number of alkyl halides is 3. The molecule has 196 valence electrons. The van der Waals surface area contributed by atoms with Crippen LogP contribution in [0.2, 0.25) is 0 Å². The molecule has 7 nitrogen and oxygen atoms in total. The van der Waals surface area contributed by atoms with Gasteiger partial charge in [0.05, 0.1) is 17.2 Å². The number of halogens is 3. The molecule has 0 amide bonds. The summed E-state index contributed by atoms with van der Waals surface area (Å²) >= 11 is 0. The summed E-state index contributed by atoms with van der Waals surface area (Å²) in [6.07, 6.45) is -0.0759. The van der Waals surface area contributed by atoms with E-state index in [0.717, 1.165) is 37.0 Å². The van der Waals surface area contributed by atoms with E-state index in [1.807, 2.05) is 0 Å². The molecule has 3 fully saturated rings. The number of carbonyl (C=O) groups is 1. The summed E-state index contributed by atoms with van der Waals surface area (Å²) in [5, 5.41) is 0. The maximum atomic E-state index is 13.7. The van der Waals surface area contributed by atoms with Crippen LogP contribution in [0.5, 0.6) is 5.75 Å². The molecule has 0 saturated heterocycles. The standard InChI is InChI=1S/C24H31F3O7S/c1-13(2)23(33-20-12-15-10-18(20)17-5-3-4-16(15)17)34-21-11-14(6-7-19(21)24(25,26)27)22(28)32-8-9-35(29,30)31/h6-7,11,13,15-18,20,23H,3-5,8-10,12H2,1-2H3,(H,29,30,31). The molecule has 1 N–H and O–H groups in total. The van der Waals surface area contributed by atoms with Gasteiger partial charge in [0, 0.05) is 5.92 Å². The van der Waals surface area contributed by atoms with Crippen LogP contribution in [0.4, 0.5) is 13.2 Å². The summed E-state index contributed by atoms with van der Waals surface area (Å²) in [6, 6.07) is 2.60. The van der Waals surface area contributed by atoms with Crippen molar-refractivity contribution in [1.29, 1.82) is 0 Å². The second-order valence-corrected chi connectivity index (χ2v) is 11.8. The molecule has 6 unspecified atom stereocenters. The maximum Gasteiger partial charge on any atom is 0.419 e. The Labute approximate surface area is 203 Å². The van der Waals surface area contributed by atoms with Crippen molar-refractivity contribution in [3.8, 4) is 5.75 Å². The van der Waals surface area contributed by atoms with E-state index < -0.39 is 52.2 Å². The third-order valence-electron chi connectivity index (χ3n) is 7.56. The predicted octanol–water partition coefficient (Wildman–Crippen LogP) is 4.95. The van der Waals surface area contributed by atoms with Crippen molar-refractivity contribution in [2.45, 2.75) is 64.5 Å². The van der Waals surface area contributed by atoms with Gasteiger partial charge in [-0.25, -0.2) is 4.79 Å². The number of esters is 1. The average molecular weight is 521 g/mol. The average Bonchev–Trinajstić information content (AvgIpc) is 3.45. The van der Waals surface area contributed by atoms with Crippen molar-refractivity contribution in [3.63, 3.8) is 0 Å². The fourth-order valence-electron chi connectivity index (χ4n) is 6.08. The van der Waals surface area contributed by atoms with Crippen molar-refractivity contribution in [2.75, 3.05) is 12.4 Å². The third-order valence-corrected chi connectivity index (χ3v) is 8.24. The first-order valence-corrected chi connectivity index (χ1v) is 13.6. The van der Waals surface area contributed by atoms with E-state index in [2.05, 4.69) is 0 Å². The van der Waals surface area contributed by atoms with Crippen molar-refractivity contribution in [2.24, 2.45) is 29.6 Å².